The highest BCUT2D eigenvalue weighted by molar-refractivity contribution is 7.21. The maximum atomic E-state index is 13.4. The summed E-state index contributed by atoms with van der Waals surface area (Å²) >= 11 is 1.03. The molecule has 0 spiro atoms. The molecule has 0 amide bonds. The number of aryl methyl sites for hydroxylation is 2. The predicted molar refractivity (Wildman–Crippen MR) is 127 cm³/mol. The van der Waals surface area contributed by atoms with Gasteiger partial charge in [-0.05, 0) is 49.2 Å². The summed E-state index contributed by atoms with van der Waals surface area (Å²) in [6.45, 7) is 5.31. The van der Waals surface area contributed by atoms with E-state index in [4.69, 9.17) is 17.2 Å². The third kappa shape index (κ3) is 4.67. The number of ketones is 1. The number of thiophene rings is 1. The van der Waals surface area contributed by atoms with Crippen LogP contribution in [0.1, 0.15) is 39.7 Å². The highest BCUT2D eigenvalue weighted by atomic mass is 32.1. The van der Waals surface area contributed by atoms with Crippen molar-refractivity contribution in [1.82, 2.24) is 9.97 Å². The fourth-order valence-electron chi connectivity index (χ4n) is 3.26. The molecule has 3 aromatic heterocycles. The third-order valence-electron chi connectivity index (χ3n) is 4.80. The van der Waals surface area contributed by atoms with Crippen LogP contribution in [0.15, 0.2) is 42.7 Å². The standard InChI is InChI=1S/C15H11F2N3OS.C8H12N2/c1-7(21)13-12(18)11-9(14(16)17)5-10(20-15(11)22-13)8-3-2-4-19-6-8;1-5-3-6(2)8(10)7(9)4-5/h2-6,14H,18H2,1H3;3-4H,9-10H2,1-2H3. The lowest BCUT2D eigenvalue weighted by atomic mass is 10.1. The van der Waals surface area contributed by atoms with E-state index >= 15 is 0 Å². The maximum Gasteiger partial charge on any atom is 0.264 e. The van der Waals surface area contributed by atoms with Gasteiger partial charge in [0.1, 0.15) is 4.83 Å². The van der Waals surface area contributed by atoms with Crippen molar-refractivity contribution in [2.45, 2.75) is 27.2 Å². The van der Waals surface area contributed by atoms with Crippen molar-refractivity contribution in [3.63, 3.8) is 0 Å². The Kier molecular flexibility index (Phi) is 6.69. The summed E-state index contributed by atoms with van der Waals surface area (Å²) in [5, 5.41) is 0.165. The van der Waals surface area contributed by atoms with Gasteiger partial charge >= 0.3 is 0 Å². The average Bonchev–Trinajstić information content (AvgIpc) is 3.09. The van der Waals surface area contributed by atoms with E-state index in [0.717, 1.165) is 22.5 Å². The van der Waals surface area contributed by atoms with Crippen LogP contribution in [0.3, 0.4) is 0 Å². The molecule has 6 nitrogen and oxygen atoms in total. The topological polar surface area (TPSA) is 121 Å². The Morgan fingerprint density at radius 1 is 1.09 bits per heavy atom. The van der Waals surface area contributed by atoms with Crippen LogP contribution >= 0.6 is 11.3 Å². The van der Waals surface area contributed by atoms with Crippen LogP contribution in [-0.4, -0.2) is 15.8 Å². The molecule has 0 aliphatic carbocycles. The SMILES string of the molecule is CC(=O)c1sc2nc(-c3cccnc3)cc(C(F)F)c2c1N.Cc1cc(C)c(N)c(N)c1. The number of pyridine rings is 2. The van der Waals surface area contributed by atoms with E-state index in [0.29, 0.717) is 27.5 Å². The highest BCUT2D eigenvalue weighted by Gasteiger charge is 2.22. The number of nitrogens with two attached hydrogens (primary N) is 3. The average molecular weight is 456 g/mol. The Balaban J connectivity index is 0.000000243. The van der Waals surface area contributed by atoms with Gasteiger partial charge in [-0.2, -0.15) is 0 Å². The van der Waals surface area contributed by atoms with Crippen molar-refractivity contribution in [1.29, 1.82) is 0 Å². The zero-order valence-corrected chi connectivity index (χ0v) is 18.6. The summed E-state index contributed by atoms with van der Waals surface area (Å²) in [6.07, 6.45) is 0.428. The van der Waals surface area contributed by atoms with Crippen LogP contribution in [0.25, 0.3) is 21.5 Å². The molecular weight excluding hydrogens is 432 g/mol. The lowest BCUT2D eigenvalue weighted by molar-refractivity contribution is 0.102. The molecule has 0 radical (unpaired) electrons. The van der Waals surface area contributed by atoms with Gasteiger partial charge in [0.2, 0.25) is 0 Å². The molecule has 4 rings (SSSR count). The molecule has 0 atom stereocenters. The minimum atomic E-state index is -2.71. The first-order valence-corrected chi connectivity index (χ1v) is 10.5. The zero-order valence-electron chi connectivity index (χ0n) is 17.8. The van der Waals surface area contributed by atoms with Crippen LogP contribution in [-0.2, 0) is 0 Å². The van der Waals surface area contributed by atoms with Crippen molar-refractivity contribution in [3.8, 4) is 11.3 Å². The Bertz CT molecular complexity index is 1270. The summed E-state index contributed by atoms with van der Waals surface area (Å²) in [4.78, 5) is 20.5. The smallest absolute Gasteiger partial charge is 0.264 e. The summed E-state index contributed by atoms with van der Waals surface area (Å²) in [6, 6.07) is 8.64. The minimum absolute atomic E-state index is 0.0769. The number of alkyl halides is 2. The van der Waals surface area contributed by atoms with Crippen molar-refractivity contribution in [3.05, 3.63) is 64.3 Å². The van der Waals surface area contributed by atoms with Gasteiger partial charge < -0.3 is 17.2 Å². The molecule has 4 aromatic rings. The number of rotatable bonds is 3. The van der Waals surface area contributed by atoms with E-state index < -0.39 is 6.43 Å². The molecule has 166 valence electrons. The van der Waals surface area contributed by atoms with Gasteiger partial charge in [-0.15, -0.1) is 11.3 Å². The van der Waals surface area contributed by atoms with E-state index in [1.807, 2.05) is 26.0 Å². The Labute approximate surface area is 188 Å². The van der Waals surface area contributed by atoms with Gasteiger partial charge in [0.05, 0.1) is 27.6 Å². The normalized spacial score (nSPS) is 10.8. The van der Waals surface area contributed by atoms with Crippen LogP contribution < -0.4 is 17.2 Å². The van der Waals surface area contributed by atoms with Gasteiger partial charge in [-0.25, -0.2) is 13.8 Å². The summed E-state index contributed by atoms with van der Waals surface area (Å²) in [7, 11) is 0. The molecule has 3 heterocycles. The molecule has 32 heavy (non-hydrogen) atoms. The number of nitrogen functional groups attached to an aromatic ring is 3. The van der Waals surface area contributed by atoms with Gasteiger partial charge in [0.25, 0.3) is 6.43 Å². The molecule has 0 fully saturated rings. The molecule has 0 saturated heterocycles. The number of nitrogens with zero attached hydrogens (tertiary/aromatic N) is 2. The molecule has 6 N–H and O–H groups in total. The molecule has 0 bridgehead atoms. The number of benzene rings is 1. The number of halogens is 2. The minimum Gasteiger partial charge on any atom is -0.397 e. The van der Waals surface area contributed by atoms with Crippen LogP contribution in [0.5, 0.6) is 0 Å². The molecule has 0 aliphatic rings. The Morgan fingerprint density at radius 3 is 2.38 bits per heavy atom. The number of carbonyl (C=O) groups excluding carboxylic acids is 1. The van der Waals surface area contributed by atoms with Gasteiger partial charge in [0, 0.05) is 35.8 Å². The van der Waals surface area contributed by atoms with Gasteiger partial charge in [0.15, 0.2) is 5.78 Å². The second-order valence-electron chi connectivity index (χ2n) is 7.31. The van der Waals surface area contributed by atoms with Crippen molar-refractivity contribution < 1.29 is 13.6 Å². The zero-order chi connectivity index (χ0) is 23.6. The predicted octanol–water partition coefficient (Wildman–Crippen LogP) is 5.55. The lowest BCUT2D eigenvalue weighted by Gasteiger charge is -2.07. The molecular formula is C23H23F2N5OS. The van der Waals surface area contributed by atoms with Crippen molar-refractivity contribution in [2.75, 3.05) is 17.2 Å². The van der Waals surface area contributed by atoms with Crippen LogP contribution in [0.4, 0.5) is 25.8 Å². The number of carbonyl (C=O) groups is 1. The van der Waals surface area contributed by atoms with Crippen LogP contribution in [0.2, 0.25) is 0 Å². The maximum absolute atomic E-state index is 13.4. The molecule has 0 saturated carbocycles. The first-order valence-electron chi connectivity index (χ1n) is 9.64. The fourth-order valence-corrected chi connectivity index (χ4v) is 4.28. The number of fused-ring (bicyclic) bond motifs is 1. The van der Waals surface area contributed by atoms with E-state index in [2.05, 4.69) is 9.97 Å². The first-order chi connectivity index (χ1) is 15.1. The van der Waals surface area contributed by atoms with Crippen molar-refractivity contribution >= 4 is 44.4 Å². The third-order valence-corrected chi connectivity index (χ3v) is 6.01. The Morgan fingerprint density at radius 2 is 1.81 bits per heavy atom. The van der Waals surface area contributed by atoms with E-state index in [-0.39, 0.29) is 27.3 Å². The monoisotopic (exact) mass is 455 g/mol. The summed E-state index contributed by atoms with van der Waals surface area (Å²) in [5.74, 6) is -0.261. The Hall–Kier alpha value is -3.59. The second-order valence-corrected chi connectivity index (χ2v) is 8.30. The first kappa shape index (κ1) is 23.1. The number of Topliss-reactive ketones (excluding diaryl/α,β-unsaturated/α-hetero) is 1. The summed E-state index contributed by atoms with van der Waals surface area (Å²) < 4.78 is 26.8. The highest BCUT2D eigenvalue weighted by Crippen LogP contribution is 2.40. The molecule has 0 aliphatic heterocycles. The molecule has 0 unspecified atom stereocenters. The summed E-state index contributed by atoms with van der Waals surface area (Å²) in [5.41, 5.74) is 21.5. The lowest BCUT2D eigenvalue weighted by Crippen LogP contribution is -1.97. The van der Waals surface area contributed by atoms with E-state index in [9.17, 15) is 13.6 Å². The number of anilines is 3. The number of hydrogen-bond acceptors (Lipinski definition) is 7. The van der Waals surface area contributed by atoms with Crippen molar-refractivity contribution in [2.24, 2.45) is 0 Å². The van der Waals surface area contributed by atoms with Gasteiger partial charge in [-0.3, -0.25) is 9.78 Å². The quantitative estimate of drug-likeness (QED) is 0.275. The van der Waals surface area contributed by atoms with Crippen LogP contribution in [0, 0.1) is 13.8 Å². The second kappa shape index (κ2) is 9.27. The molecule has 1 aromatic carbocycles. The largest absolute Gasteiger partial charge is 0.397 e. The number of hydrogen-bond donors (Lipinski definition) is 3. The van der Waals surface area contributed by atoms with Gasteiger partial charge in [-0.1, -0.05) is 6.07 Å². The fraction of sp³-hybridized carbons (Fsp3) is 0.174. The van der Waals surface area contributed by atoms with E-state index in [1.165, 1.54) is 13.0 Å². The molecule has 9 heteroatoms. The van der Waals surface area contributed by atoms with E-state index in [1.54, 1.807) is 24.5 Å². The number of aromatic nitrogens is 2.